The molecule has 0 spiro atoms. The van der Waals surface area contributed by atoms with Crippen LogP contribution in [0.2, 0.25) is 0 Å². The summed E-state index contributed by atoms with van der Waals surface area (Å²) >= 11 is 0. The van der Waals surface area contributed by atoms with Crippen LogP contribution in [0.15, 0.2) is 17.1 Å². The third-order valence-electron chi connectivity index (χ3n) is 13.8. The van der Waals surface area contributed by atoms with E-state index in [1.54, 1.807) is 0 Å². The van der Waals surface area contributed by atoms with Gasteiger partial charge >= 0.3 is 33.3 Å². The van der Waals surface area contributed by atoms with Crippen molar-refractivity contribution in [1.29, 1.82) is 0 Å². The normalized spacial score (nSPS) is 18.9. The van der Waals surface area contributed by atoms with Crippen molar-refractivity contribution < 1.29 is 66.3 Å². The lowest BCUT2D eigenvalue weighted by atomic mass is 10.0. The number of unbranched alkanes of at least 4 members (excludes halogenated alkanes) is 29. The molecule has 1 aliphatic heterocycles. The number of nitrogen functional groups attached to an aromatic ring is 1. The van der Waals surface area contributed by atoms with E-state index in [4.69, 9.17) is 29.0 Å². The van der Waals surface area contributed by atoms with Crippen LogP contribution in [-0.4, -0.2) is 85.7 Å². The number of aromatic nitrogens is 2. The molecule has 1 fully saturated rings. The number of rotatable bonds is 49. The summed E-state index contributed by atoms with van der Waals surface area (Å²) in [5, 5.41) is 21.0. The van der Waals surface area contributed by atoms with Gasteiger partial charge < -0.3 is 39.9 Å². The maximum Gasteiger partial charge on any atom is 0.481 e. The predicted octanol–water partition coefficient (Wildman–Crippen LogP) is 13.1. The maximum absolute atomic E-state index is 12.9. The second kappa shape index (κ2) is 41.8. The summed E-state index contributed by atoms with van der Waals surface area (Å²) < 4.78 is 57.1. The van der Waals surface area contributed by atoms with Gasteiger partial charge in [-0.3, -0.25) is 23.2 Å². The molecule has 0 bridgehead atoms. The van der Waals surface area contributed by atoms with E-state index in [-0.39, 0.29) is 18.7 Å². The van der Waals surface area contributed by atoms with Gasteiger partial charge in [-0.05, 0) is 30.7 Å². The highest BCUT2D eigenvalue weighted by Gasteiger charge is 2.46. The Balaban J connectivity index is 1.73. The van der Waals surface area contributed by atoms with Crippen molar-refractivity contribution in [2.24, 2.45) is 11.8 Å². The number of anilines is 1. The highest BCUT2D eigenvalue weighted by Crippen LogP contribution is 2.60. The zero-order valence-electron chi connectivity index (χ0n) is 46.7. The zero-order chi connectivity index (χ0) is 55.2. The highest BCUT2D eigenvalue weighted by molar-refractivity contribution is 7.61. The van der Waals surface area contributed by atoms with Gasteiger partial charge in [0.25, 0.3) is 0 Å². The molecule has 0 aliphatic carbocycles. The average Bonchev–Trinajstić information content (AvgIpc) is 3.62. The van der Waals surface area contributed by atoms with Crippen LogP contribution in [0.5, 0.6) is 0 Å². The van der Waals surface area contributed by atoms with E-state index in [0.717, 1.165) is 67.8 Å². The molecule has 1 saturated heterocycles. The predicted molar refractivity (Wildman–Crippen MR) is 294 cm³/mol. The minimum Gasteiger partial charge on any atom is -0.462 e. The SMILES string of the molecule is CC(C)CCCCCCCCCCCCCCCCCCCCC(=O)O[C@H](COC(=O)CCCCCCCCCCCCCCCC(C)C)COP(=O)(O)OP(=O)(O)OC[C@H]1O[C@@H](n2ccc(N)nc2=O)C(O)[C@H]1O. The molecule has 438 valence electrons. The van der Waals surface area contributed by atoms with Gasteiger partial charge in [-0.2, -0.15) is 9.29 Å². The second-order valence-electron chi connectivity index (χ2n) is 21.8. The van der Waals surface area contributed by atoms with Crippen LogP contribution in [0, 0.1) is 11.8 Å². The van der Waals surface area contributed by atoms with Crippen molar-refractivity contribution in [3.8, 4) is 0 Å². The number of carbonyl (C=O) groups is 2. The standard InChI is InChI=1S/C55H103N3O15P2/c1-45(2)36-32-28-24-20-16-12-9-7-5-6-8-10-14-19-23-27-31-35-39-51(60)71-47(42-68-50(59)38-34-30-26-22-18-15-11-13-17-21-25-29-33-37-46(3)4)43-69-74(64,65)73-75(66,67)70-44-48-52(61)53(62)54(72-48)58-41-40-49(56)57-55(58)63/h40-41,45-48,52-54,61-62H,5-39,42-44H2,1-4H3,(H,64,65)(H,66,67)(H2,56,57,63)/t47-,48-,52+,53?,54-/m1/s1. The van der Waals surface area contributed by atoms with E-state index < -0.39 is 83.7 Å². The van der Waals surface area contributed by atoms with E-state index in [9.17, 15) is 43.5 Å². The number of phosphoric acid groups is 2. The number of carbonyl (C=O) groups excluding carboxylic acids is 2. The van der Waals surface area contributed by atoms with Crippen LogP contribution in [0.1, 0.15) is 259 Å². The molecule has 2 heterocycles. The number of nitrogens with zero attached hydrogens (tertiary/aromatic N) is 2. The van der Waals surface area contributed by atoms with Crippen LogP contribution in [-0.2, 0) is 46.3 Å². The molecule has 18 nitrogen and oxygen atoms in total. The fourth-order valence-electron chi connectivity index (χ4n) is 9.27. The number of nitrogens with two attached hydrogens (primary N) is 1. The van der Waals surface area contributed by atoms with E-state index in [0.29, 0.717) is 12.8 Å². The van der Waals surface area contributed by atoms with Crippen molar-refractivity contribution in [3.05, 3.63) is 22.7 Å². The summed E-state index contributed by atoms with van der Waals surface area (Å²) in [5.41, 5.74) is 4.61. The number of aliphatic hydroxyl groups is 2. The quantitative estimate of drug-likeness (QED) is 0.0231. The molecule has 1 aliphatic rings. The molecular weight excluding hydrogens is 1000 g/mol. The van der Waals surface area contributed by atoms with E-state index >= 15 is 0 Å². The summed E-state index contributed by atoms with van der Waals surface area (Å²) in [5.74, 6) is 0.339. The Morgan fingerprint density at radius 3 is 1.40 bits per heavy atom. The molecular formula is C55H103N3O15P2. The fraction of sp³-hybridized carbons (Fsp3) is 0.891. The Labute approximate surface area is 450 Å². The molecule has 0 radical (unpaired) electrons. The maximum atomic E-state index is 12.9. The second-order valence-corrected chi connectivity index (χ2v) is 24.9. The summed E-state index contributed by atoms with van der Waals surface area (Å²) in [6, 6.07) is 1.25. The van der Waals surface area contributed by atoms with Crippen molar-refractivity contribution in [1.82, 2.24) is 9.55 Å². The molecule has 6 N–H and O–H groups in total. The number of phosphoric ester groups is 2. The minimum atomic E-state index is -5.42. The Bertz CT molecular complexity index is 1790. The minimum absolute atomic E-state index is 0.0579. The largest absolute Gasteiger partial charge is 0.481 e. The van der Waals surface area contributed by atoms with Gasteiger partial charge in [0.15, 0.2) is 12.3 Å². The van der Waals surface area contributed by atoms with E-state index in [2.05, 4.69) is 37.0 Å². The average molecular weight is 1110 g/mol. The van der Waals surface area contributed by atoms with Crippen molar-refractivity contribution in [3.63, 3.8) is 0 Å². The van der Waals surface area contributed by atoms with Gasteiger partial charge in [-0.1, -0.05) is 227 Å². The van der Waals surface area contributed by atoms with Crippen LogP contribution in [0.25, 0.3) is 0 Å². The lowest BCUT2D eigenvalue weighted by Gasteiger charge is -2.21. The van der Waals surface area contributed by atoms with Gasteiger partial charge in [-0.15, -0.1) is 0 Å². The smallest absolute Gasteiger partial charge is 0.462 e. The van der Waals surface area contributed by atoms with Crippen molar-refractivity contribution in [2.45, 2.75) is 283 Å². The van der Waals surface area contributed by atoms with Crippen molar-refractivity contribution in [2.75, 3.05) is 25.6 Å². The number of hydrogen-bond acceptors (Lipinski definition) is 15. The topological polar surface area (TPSA) is 265 Å². The first-order valence-electron chi connectivity index (χ1n) is 29.3. The summed E-state index contributed by atoms with van der Waals surface area (Å²) in [7, 11) is -10.8. The molecule has 20 heteroatoms. The van der Waals surface area contributed by atoms with Gasteiger partial charge in [0.2, 0.25) is 0 Å². The third-order valence-corrected chi connectivity index (χ3v) is 16.4. The van der Waals surface area contributed by atoms with Gasteiger partial charge in [-0.25, -0.2) is 13.9 Å². The molecule has 3 unspecified atom stereocenters. The van der Waals surface area contributed by atoms with Crippen LogP contribution < -0.4 is 11.4 Å². The number of aliphatic hydroxyl groups excluding tert-OH is 2. The first kappa shape index (κ1) is 68.9. The Hall–Kier alpha value is -2.24. The first-order chi connectivity index (χ1) is 35.9. The number of hydrogen-bond donors (Lipinski definition) is 5. The summed E-state index contributed by atoms with van der Waals surface area (Å²) in [6.07, 6.45) is 33.2. The Morgan fingerprint density at radius 1 is 0.600 bits per heavy atom. The molecule has 0 saturated carbocycles. The van der Waals surface area contributed by atoms with Crippen LogP contribution >= 0.6 is 15.6 Å². The Morgan fingerprint density at radius 2 is 0.987 bits per heavy atom. The van der Waals surface area contributed by atoms with E-state index in [1.807, 2.05) is 0 Å². The number of esters is 2. The fourth-order valence-corrected chi connectivity index (χ4v) is 11.4. The van der Waals surface area contributed by atoms with Crippen LogP contribution in [0.4, 0.5) is 5.82 Å². The Kier molecular flexibility index (Phi) is 38.3. The van der Waals surface area contributed by atoms with Crippen molar-refractivity contribution >= 4 is 33.4 Å². The van der Waals surface area contributed by atoms with E-state index in [1.165, 1.54) is 160 Å². The van der Waals surface area contributed by atoms with Gasteiger partial charge in [0, 0.05) is 19.0 Å². The summed E-state index contributed by atoms with van der Waals surface area (Å²) in [6.45, 7) is 6.88. The molecule has 0 amide bonds. The first-order valence-corrected chi connectivity index (χ1v) is 32.3. The molecule has 1 aromatic heterocycles. The molecule has 2 rings (SSSR count). The molecule has 7 atom stereocenters. The summed E-state index contributed by atoms with van der Waals surface area (Å²) in [4.78, 5) is 62.2. The van der Waals surface area contributed by atoms with Gasteiger partial charge in [0.1, 0.15) is 30.7 Å². The molecule has 75 heavy (non-hydrogen) atoms. The molecule has 0 aromatic carbocycles. The van der Waals surface area contributed by atoms with Crippen LogP contribution in [0.3, 0.4) is 0 Å². The third kappa shape index (κ3) is 35.8. The lowest BCUT2D eigenvalue weighted by molar-refractivity contribution is -0.161. The molecule has 1 aromatic rings. The number of ether oxygens (including phenoxy) is 3. The van der Waals surface area contributed by atoms with Gasteiger partial charge in [0.05, 0.1) is 13.2 Å². The zero-order valence-corrected chi connectivity index (χ0v) is 48.5. The highest BCUT2D eigenvalue weighted by atomic mass is 31.3. The monoisotopic (exact) mass is 1110 g/mol. The lowest BCUT2D eigenvalue weighted by Crippen LogP contribution is -2.36.